The fourth-order valence-electron chi connectivity index (χ4n) is 1.43. The van der Waals surface area contributed by atoms with Gasteiger partial charge >= 0.3 is 0 Å². The number of hydrogen-bond acceptors (Lipinski definition) is 2. The van der Waals surface area contributed by atoms with Crippen molar-refractivity contribution in [3.8, 4) is 0 Å². The summed E-state index contributed by atoms with van der Waals surface area (Å²) in [6, 6.07) is 8.68. The zero-order valence-corrected chi connectivity index (χ0v) is 9.28. The van der Waals surface area contributed by atoms with E-state index in [-0.39, 0.29) is 16.9 Å². The zero-order chi connectivity index (χ0) is 13.1. The summed E-state index contributed by atoms with van der Waals surface area (Å²) in [5, 5.41) is 2.46. The van der Waals surface area contributed by atoms with Gasteiger partial charge in [0.2, 0.25) is 0 Å². The molecule has 5 heteroatoms. The molecule has 0 heterocycles. The Morgan fingerprint density at radius 2 is 1.61 bits per heavy atom. The van der Waals surface area contributed by atoms with Gasteiger partial charge in [-0.2, -0.15) is 0 Å². The molecule has 0 aliphatic rings. The Bertz CT molecular complexity index is 582. The van der Waals surface area contributed by atoms with Gasteiger partial charge in [0.05, 0.1) is 11.4 Å². The molecule has 1 amide bonds. The number of nitrogens with one attached hydrogen (secondary N) is 1. The second-order valence-corrected chi connectivity index (χ2v) is 3.69. The molecule has 0 saturated heterocycles. The summed E-state index contributed by atoms with van der Waals surface area (Å²) < 4.78 is 25.7. The molecule has 0 aliphatic heterocycles. The van der Waals surface area contributed by atoms with Crippen LogP contribution >= 0.6 is 0 Å². The monoisotopic (exact) mass is 248 g/mol. The summed E-state index contributed by atoms with van der Waals surface area (Å²) in [6.07, 6.45) is 0. The van der Waals surface area contributed by atoms with Crippen LogP contribution in [0.4, 0.5) is 20.2 Å². The predicted octanol–water partition coefficient (Wildman–Crippen LogP) is 2.80. The lowest BCUT2D eigenvalue weighted by Crippen LogP contribution is -2.13. The van der Waals surface area contributed by atoms with Crippen molar-refractivity contribution in [3.05, 3.63) is 59.7 Å². The van der Waals surface area contributed by atoms with Gasteiger partial charge in [0.1, 0.15) is 11.6 Å². The SMILES string of the molecule is Nc1ccc(F)cc1NC(=O)c1ccc(F)cc1. The lowest BCUT2D eigenvalue weighted by Gasteiger charge is -2.08. The average molecular weight is 248 g/mol. The number of amides is 1. The van der Waals surface area contributed by atoms with Crippen LogP contribution in [0.25, 0.3) is 0 Å². The van der Waals surface area contributed by atoms with Crippen molar-refractivity contribution in [1.29, 1.82) is 0 Å². The third-order valence-corrected chi connectivity index (χ3v) is 2.37. The molecule has 2 aromatic rings. The van der Waals surface area contributed by atoms with Gasteiger partial charge in [-0.3, -0.25) is 4.79 Å². The van der Waals surface area contributed by atoms with Crippen LogP contribution in [0, 0.1) is 11.6 Å². The number of carbonyl (C=O) groups excluding carboxylic acids is 1. The number of rotatable bonds is 2. The highest BCUT2D eigenvalue weighted by molar-refractivity contribution is 6.05. The third kappa shape index (κ3) is 2.63. The molecule has 0 fully saturated rings. The summed E-state index contributed by atoms with van der Waals surface area (Å²) in [5.74, 6) is -1.41. The summed E-state index contributed by atoms with van der Waals surface area (Å²) in [6.45, 7) is 0. The van der Waals surface area contributed by atoms with Crippen LogP contribution in [0.15, 0.2) is 42.5 Å². The molecular weight excluding hydrogens is 238 g/mol. The minimum Gasteiger partial charge on any atom is -0.397 e. The molecule has 3 nitrogen and oxygen atoms in total. The van der Waals surface area contributed by atoms with Crippen LogP contribution in [0.2, 0.25) is 0 Å². The highest BCUT2D eigenvalue weighted by Crippen LogP contribution is 2.20. The Hall–Kier alpha value is -2.43. The average Bonchev–Trinajstić information content (AvgIpc) is 2.34. The first-order chi connectivity index (χ1) is 8.56. The van der Waals surface area contributed by atoms with E-state index in [2.05, 4.69) is 5.32 Å². The van der Waals surface area contributed by atoms with Crippen LogP contribution in [0.3, 0.4) is 0 Å². The molecule has 0 bridgehead atoms. The quantitative estimate of drug-likeness (QED) is 0.803. The second-order valence-electron chi connectivity index (χ2n) is 3.69. The van der Waals surface area contributed by atoms with Gasteiger partial charge in [-0.15, -0.1) is 0 Å². The Labute approximate surface area is 102 Å². The van der Waals surface area contributed by atoms with Crippen LogP contribution in [-0.2, 0) is 0 Å². The zero-order valence-electron chi connectivity index (χ0n) is 9.28. The van der Waals surface area contributed by atoms with Gasteiger partial charge in [0.25, 0.3) is 5.91 Å². The largest absolute Gasteiger partial charge is 0.397 e. The van der Waals surface area contributed by atoms with E-state index in [1.165, 1.54) is 36.4 Å². The van der Waals surface area contributed by atoms with E-state index in [0.717, 1.165) is 6.07 Å². The van der Waals surface area contributed by atoms with E-state index in [0.29, 0.717) is 0 Å². The first-order valence-corrected chi connectivity index (χ1v) is 5.18. The van der Waals surface area contributed by atoms with Gasteiger partial charge < -0.3 is 11.1 Å². The van der Waals surface area contributed by atoms with Gasteiger partial charge in [0, 0.05) is 5.56 Å². The smallest absolute Gasteiger partial charge is 0.255 e. The lowest BCUT2D eigenvalue weighted by atomic mass is 10.2. The van der Waals surface area contributed by atoms with E-state index in [1.54, 1.807) is 0 Å². The number of halogens is 2. The van der Waals surface area contributed by atoms with Crippen LogP contribution in [0.5, 0.6) is 0 Å². The minimum absolute atomic E-state index is 0.185. The maximum absolute atomic E-state index is 13.0. The van der Waals surface area contributed by atoms with Crippen molar-refractivity contribution in [3.63, 3.8) is 0 Å². The maximum Gasteiger partial charge on any atom is 0.255 e. The molecule has 0 spiro atoms. The van der Waals surface area contributed by atoms with E-state index >= 15 is 0 Å². The summed E-state index contributed by atoms with van der Waals surface area (Å²) in [7, 11) is 0. The molecule has 0 unspecified atom stereocenters. The van der Waals surface area contributed by atoms with Crippen molar-refractivity contribution in [2.45, 2.75) is 0 Å². The van der Waals surface area contributed by atoms with E-state index < -0.39 is 17.5 Å². The van der Waals surface area contributed by atoms with Crippen LogP contribution in [-0.4, -0.2) is 5.91 Å². The number of anilines is 2. The first kappa shape index (κ1) is 12.0. The standard InChI is InChI=1S/C13H10F2N2O/c14-9-3-1-8(2-4-9)13(18)17-12-7-10(15)5-6-11(12)16/h1-7H,16H2,(H,17,18). The second kappa shape index (κ2) is 4.83. The molecule has 0 aromatic heterocycles. The Balaban J connectivity index is 2.21. The highest BCUT2D eigenvalue weighted by atomic mass is 19.1. The van der Waals surface area contributed by atoms with Gasteiger partial charge in [-0.05, 0) is 42.5 Å². The van der Waals surface area contributed by atoms with Crippen molar-refractivity contribution in [2.75, 3.05) is 11.1 Å². The van der Waals surface area contributed by atoms with Crippen molar-refractivity contribution in [2.24, 2.45) is 0 Å². The highest BCUT2D eigenvalue weighted by Gasteiger charge is 2.08. The molecule has 0 radical (unpaired) electrons. The molecule has 0 aliphatic carbocycles. The molecule has 2 rings (SSSR count). The van der Waals surface area contributed by atoms with Crippen LogP contribution < -0.4 is 11.1 Å². The first-order valence-electron chi connectivity index (χ1n) is 5.18. The van der Waals surface area contributed by atoms with Gasteiger partial charge in [-0.1, -0.05) is 0 Å². The lowest BCUT2D eigenvalue weighted by molar-refractivity contribution is 0.102. The van der Waals surface area contributed by atoms with Gasteiger partial charge in [-0.25, -0.2) is 8.78 Å². The molecule has 92 valence electrons. The number of nitrogens with two attached hydrogens (primary N) is 1. The Kier molecular flexibility index (Phi) is 3.23. The van der Waals surface area contributed by atoms with E-state index in [1.807, 2.05) is 0 Å². The molecule has 0 saturated carbocycles. The van der Waals surface area contributed by atoms with E-state index in [4.69, 9.17) is 5.73 Å². The number of hydrogen-bond donors (Lipinski definition) is 2. The molecule has 2 aromatic carbocycles. The van der Waals surface area contributed by atoms with Crippen molar-refractivity contribution in [1.82, 2.24) is 0 Å². The van der Waals surface area contributed by atoms with E-state index in [9.17, 15) is 13.6 Å². The summed E-state index contributed by atoms with van der Waals surface area (Å²) in [4.78, 5) is 11.8. The molecule has 0 atom stereocenters. The normalized spacial score (nSPS) is 10.1. The van der Waals surface area contributed by atoms with Crippen molar-refractivity contribution < 1.29 is 13.6 Å². The van der Waals surface area contributed by atoms with Gasteiger partial charge in [0.15, 0.2) is 0 Å². The minimum atomic E-state index is -0.501. The Morgan fingerprint density at radius 1 is 1.00 bits per heavy atom. The topological polar surface area (TPSA) is 55.1 Å². The molecule has 3 N–H and O–H groups in total. The third-order valence-electron chi connectivity index (χ3n) is 2.37. The van der Waals surface area contributed by atoms with Crippen LogP contribution in [0.1, 0.15) is 10.4 Å². The fourth-order valence-corrected chi connectivity index (χ4v) is 1.43. The predicted molar refractivity (Wildman–Crippen MR) is 65.2 cm³/mol. The molecular formula is C13H10F2N2O. The van der Waals surface area contributed by atoms with Crippen molar-refractivity contribution >= 4 is 17.3 Å². The summed E-state index contributed by atoms with van der Waals surface area (Å²) >= 11 is 0. The maximum atomic E-state index is 13.0. The number of nitrogen functional groups attached to an aromatic ring is 1. The Morgan fingerprint density at radius 3 is 2.28 bits per heavy atom. The summed E-state index contributed by atoms with van der Waals surface area (Å²) in [5.41, 5.74) is 6.30. The number of carbonyl (C=O) groups is 1. The number of benzene rings is 2. The molecule has 18 heavy (non-hydrogen) atoms. The fraction of sp³-hybridized carbons (Fsp3) is 0.